The number of phenols is 1. The van der Waals surface area contributed by atoms with E-state index in [1.807, 2.05) is 24.4 Å². The Bertz CT molecular complexity index is 887. The van der Waals surface area contributed by atoms with Crippen molar-refractivity contribution in [2.24, 2.45) is 5.10 Å². The number of nitrogens with one attached hydrogen (secondary N) is 2. The standard InChI is InChI=1S/C17H16N4O3S/c1-2-24-15-8-11(5-6-14(15)22)10-18-21-17(23)13-9-12(19-20-13)16-4-3-7-25-16/h3-10,22H,2H2,1H3,(H,19,20)(H,21,23). The molecule has 3 N–H and O–H groups in total. The number of aromatic amines is 1. The van der Waals surface area contributed by atoms with Gasteiger partial charge in [-0.2, -0.15) is 10.2 Å². The number of hydrazone groups is 1. The number of aromatic nitrogens is 2. The lowest BCUT2D eigenvalue weighted by Crippen LogP contribution is -2.18. The first-order chi connectivity index (χ1) is 12.2. The molecule has 8 heteroatoms. The van der Waals surface area contributed by atoms with Gasteiger partial charge in [0.05, 0.1) is 23.4 Å². The molecule has 0 fully saturated rings. The molecule has 0 saturated carbocycles. The van der Waals surface area contributed by atoms with Crippen molar-refractivity contribution in [1.82, 2.24) is 15.6 Å². The molecular formula is C17H16N4O3S. The number of H-pyrrole nitrogens is 1. The van der Waals surface area contributed by atoms with E-state index in [-0.39, 0.29) is 11.4 Å². The average Bonchev–Trinajstić information content (AvgIpc) is 3.29. The van der Waals surface area contributed by atoms with Crippen LogP contribution < -0.4 is 10.2 Å². The summed E-state index contributed by atoms with van der Waals surface area (Å²) < 4.78 is 5.30. The molecule has 25 heavy (non-hydrogen) atoms. The second-order valence-electron chi connectivity index (χ2n) is 5.00. The summed E-state index contributed by atoms with van der Waals surface area (Å²) in [6, 6.07) is 10.4. The highest BCUT2D eigenvalue weighted by Crippen LogP contribution is 2.26. The van der Waals surface area contributed by atoms with E-state index < -0.39 is 5.91 Å². The van der Waals surface area contributed by atoms with Gasteiger partial charge >= 0.3 is 0 Å². The Balaban J connectivity index is 1.64. The maximum Gasteiger partial charge on any atom is 0.291 e. The van der Waals surface area contributed by atoms with Crippen LogP contribution in [0.2, 0.25) is 0 Å². The van der Waals surface area contributed by atoms with Crippen molar-refractivity contribution in [3.8, 4) is 22.1 Å². The predicted molar refractivity (Wildman–Crippen MR) is 96.2 cm³/mol. The fraction of sp³-hybridized carbons (Fsp3) is 0.118. The van der Waals surface area contributed by atoms with Crippen LogP contribution >= 0.6 is 11.3 Å². The Morgan fingerprint density at radius 2 is 2.32 bits per heavy atom. The minimum absolute atomic E-state index is 0.0562. The summed E-state index contributed by atoms with van der Waals surface area (Å²) in [6.07, 6.45) is 1.46. The van der Waals surface area contributed by atoms with Gasteiger partial charge in [0, 0.05) is 0 Å². The molecule has 2 aromatic heterocycles. The number of rotatable bonds is 6. The minimum atomic E-state index is -0.417. The van der Waals surface area contributed by atoms with E-state index in [1.54, 1.807) is 29.5 Å². The molecule has 0 radical (unpaired) electrons. The number of thiophene rings is 1. The normalized spacial score (nSPS) is 10.9. The highest BCUT2D eigenvalue weighted by atomic mass is 32.1. The quantitative estimate of drug-likeness (QED) is 0.467. The molecule has 3 aromatic rings. The topological polar surface area (TPSA) is 99.6 Å². The minimum Gasteiger partial charge on any atom is -0.504 e. The first-order valence-corrected chi connectivity index (χ1v) is 8.44. The molecule has 3 rings (SSSR count). The highest BCUT2D eigenvalue weighted by Gasteiger charge is 2.11. The van der Waals surface area contributed by atoms with Crippen LogP contribution in [0.15, 0.2) is 46.9 Å². The first-order valence-electron chi connectivity index (χ1n) is 7.56. The van der Waals surface area contributed by atoms with Crippen molar-refractivity contribution >= 4 is 23.5 Å². The maximum absolute atomic E-state index is 12.1. The molecule has 0 spiro atoms. The molecule has 1 aromatic carbocycles. The average molecular weight is 356 g/mol. The number of amides is 1. The summed E-state index contributed by atoms with van der Waals surface area (Å²) in [5, 5.41) is 22.3. The zero-order valence-electron chi connectivity index (χ0n) is 13.4. The number of aromatic hydroxyl groups is 1. The van der Waals surface area contributed by atoms with Crippen LogP contribution in [0.25, 0.3) is 10.6 Å². The molecule has 0 saturated heterocycles. The Morgan fingerprint density at radius 3 is 3.08 bits per heavy atom. The summed E-state index contributed by atoms with van der Waals surface area (Å²) in [6.45, 7) is 2.27. The molecule has 128 valence electrons. The van der Waals surface area contributed by atoms with Gasteiger partial charge in [-0.1, -0.05) is 6.07 Å². The lowest BCUT2D eigenvalue weighted by Gasteiger charge is -2.05. The molecule has 0 aliphatic rings. The van der Waals surface area contributed by atoms with Gasteiger partial charge in [0.25, 0.3) is 5.91 Å². The summed E-state index contributed by atoms with van der Waals surface area (Å²) in [5.74, 6) is 0.00504. The van der Waals surface area contributed by atoms with E-state index in [2.05, 4.69) is 20.7 Å². The third-order valence-electron chi connectivity index (χ3n) is 3.26. The lowest BCUT2D eigenvalue weighted by atomic mass is 10.2. The molecule has 0 aliphatic heterocycles. The smallest absolute Gasteiger partial charge is 0.291 e. The third kappa shape index (κ3) is 4.04. The largest absolute Gasteiger partial charge is 0.504 e. The lowest BCUT2D eigenvalue weighted by molar-refractivity contribution is 0.0950. The monoisotopic (exact) mass is 356 g/mol. The molecule has 7 nitrogen and oxygen atoms in total. The van der Waals surface area contributed by atoms with Gasteiger partial charge in [0.1, 0.15) is 0 Å². The van der Waals surface area contributed by atoms with Crippen LogP contribution in [0.5, 0.6) is 11.5 Å². The fourth-order valence-electron chi connectivity index (χ4n) is 2.10. The van der Waals surface area contributed by atoms with Gasteiger partial charge in [-0.05, 0) is 48.2 Å². The number of benzene rings is 1. The second kappa shape index (κ2) is 7.63. The number of carbonyl (C=O) groups is 1. The number of ether oxygens (including phenoxy) is 1. The van der Waals surface area contributed by atoms with Crippen LogP contribution in [-0.2, 0) is 0 Å². The van der Waals surface area contributed by atoms with E-state index in [0.29, 0.717) is 17.9 Å². The SMILES string of the molecule is CCOc1cc(C=NNC(=O)c2cc(-c3cccs3)[nH]n2)ccc1O. The van der Waals surface area contributed by atoms with Crippen LogP contribution in [0.1, 0.15) is 23.0 Å². The summed E-state index contributed by atoms with van der Waals surface area (Å²) in [4.78, 5) is 13.1. The zero-order chi connectivity index (χ0) is 17.6. The Hall–Kier alpha value is -3.13. The number of hydrogen-bond donors (Lipinski definition) is 3. The second-order valence-corrected chi connectivity index (χ2v) is 5.95. The molecule has 0 unspecified atom stereocenters. The van der Waals surface area contributed by atoms with Crippen LogP contribution in [0.3, 0.4) is 0 Å². The first kappa shape index (κ1) is 16.7. The van der Waals surface area contributed by atoms with E-state index in [9.17, 15) is 9.90 Å². The van der Waals surface area contributed by atoms with Gasteiger partial charge in [-0.3, -0.25) is 9.89 Å². The van der Waals surface area contributed by atoms with Crippen LogP contribution in [-0.4, -0.2) is 34.0 Å². The molecular weight excluding hydrogens is 340 g/mol. The fourth-order valence-corrected chi connectivity index (χ4v) is 2.79. The maximum atomic E-state index is 12.1. The summed E-state index contributed by atoms with van der Waals surface area (Å²) in [7, 11) is 0. The van der Waals surface area contributed by atoms with Gasteiger partial charge in [-0.25, -0.2) is 5.43 Å². The predicted octanol–water partition coefficient (Wildman–Crippen LogP) is 3.01. The summed E-state index contributed by atoms with van der Waals surface area (Å²) >= 11 is 1.56. The van der Waals surface area contributed by atoms with Crippen molar-refractivity contribution in [1.29, 1.82) is 0 Å². The van der Waals surface area contributed by atoms with Gasteiger partial charge < -0.3 is 9.84 Å². The van der Waals surface area contributed by atoms with E-state index >= 15 is 0 Å². The van der Waals surface area contributed by atoms with Crippen molar-refractivity contribution < 1.29 is 14.6 Å². The van der Waals surface area contributed by atoms with Gasteiger partial charge in [-0.15, -0.1) is 11.3 Å². The Labute approximate surface area is 148 Å². The van der Waals surface area contributed by atoms with Crippen molar-refractivity contribution in [2.45, 2.75) is 6.92 Å². The van der Waals surface area contributed by atoms with Crippen molar-refractivity contribution in [3.63, 3.8) is 0 Å². The highest BCUT2D eigenvalue weighted by molar-refractivity contribution is 7.13. The number of hydrogen-bond acceptors (Lipinski definition) is 6. The molecule has 0 atom stereocenters. The molecule has 0 aliphatic carbocycles. The van der Waals surface area contributed by atoms with Gasteiger partial charge in [0.15, 0.2) is 17.2 Å². The number of phenolic OH excluding ortho intramolecular Hbond substituents is 1. The Kier molecular flexibility index (Phi) is 5.10. The number of nitrogens with zero attached hydrogens (tertiary/aromatic N) is 2. The third-order valence-corrected chi connectivity index (χ3v) is 4.16. The molecule has 1 amide bonds. The zero-order valence-corrected chi connectivity index (χ0v) is 14.2. The molecule has 0 bridgehead atoms. The van der Waals surface area contributed by atoms with E-state index in [4.69, 9.17) is 4.74 Å². The van der Waals surface area contributed by atoms with Crippen molar-refractivity contribution in [3.05, 3.63) is 53.0 Å². The van der Waals surface area contributed by atoms with E-state index in [1.165, 1.54) is 12.3 Å². The van der Waals surface area contributed by atoms with Crippen LogP contribution in [0, 0.1) is 0 Å². The van der Waals surface area contributed by atoms with Crippen molar-refractivity contribution in [2.75, 3.05) is 6.61 Å². The molecule has 2 heterocycles. The van der Waals surface area contributed by atoms with Crippen LogP contribution in [0.4, 0.5) is 0 Å². The summed E-state index contributed by atoms with van der Waals surface area (Å²) in [5.41, 5.74) is 4.14. The van der Waals surface area contributed by atoms with E-state index in [0.717, 1.165) is 10.6 Å². The Morgan fingerprint density at radius 1 is 1.44 bits per heavy atom. The number of carbonyl (C=O) groups excluding carboxylic acids is 1. The van der Waals surface area contributed by atoms with Gasteiger partial charge in [0.2, 0.25) is 0 Å².